The molecule has 5 heteroatoms. The van der Waals surface area contributed by atoms with Crippen LogP contribution in [0, 0.1) is 0 Å². The van der Waals surface area contributed by atoms with Crippen molar-refractivity contribution in [1.29, 1.82) is 0 Å². The van der Waals surface area contributed by atoms with E-state index in [1.54, 1.807) is 12.1 Å². The molecule has 1 aromatic carbocycles. The summed E-state index contributed by atoms with van der Waals surface area (Å²) >= 11 is 0. The Balaban J connectivity index is 1.45. The third kappa shape index (κ3) is 4.62. The molecule has 0 fully saturated rings. The molecule has 4 rings (SSSR count). The molecule has 0 atom stereocenters. The topological polar surface area (TPSA) is 61.3 Å². The minimum absolute atomic E-state index is 0.234. The van der Waals surface area contributed by atoms with Gasteiger partial charge in [-0.15, -0.1) is 0 Å². The number of hydrogen-bond donors (Lipinski definition) is 2. The van der Waals surface area contributed by atoms with Crippen molar-refractivity contribution in [2.45, 2.75) is 39.0 Å². The Bertz CT molecular complexity index is 985. The van der Waals surface area contributed by atoms with Gasteiger partial charge in [-0.05, 0) is 55.3 Å². The number of anilines is 1. The number of nitrogens with zero attached hydrogens (tertiary/aromatic N) is 1. The minimum atomic E-state index is -0.234. The average molecular weight is 392 g/mol. The third-order valence-electron chi connectivity index (χ3n) is 5.65. The normalized spacial score (nSPS) is 14.9. The van der Waals surface area contributed by atoms with Crippen LogP contribution >= 0.6 is 0 Å². The van der Waals surface area contributed by atoms with Gasteiger partial charge in [0.05, 0.1) is 6.26 Å². The number of H-pyrrole nitrogens is 1. The van der Waals surface area contributed by atoms with Crippen LogP contribution in [0.25, 0.3) is 16.5 Å². The van der Waals surface area contributed by atoms with Gasteiger partial charge in [0.15, 0.2) is 5.76 Å². The summed E-state index contributed by atoms with van der Waals surface area (Å²) in [5.41, 5.74) is 4.47. The number of nitrogens with one attached hydrogen (secondary N) is 2. The van der Waals surface area contributed by atoms with Gasteiger partial charge in [-0.1, -0.05) is 32.3 Å². The summed E-state index contributed by atoms with van der Waals surface area (Å²) in [6.07, 6.45) is 12.3. The fraction of sp³-hybridized carbons (Fsp3) is 0.375. The highest BCUT2D eigenvalue weighted by atomic mass is 16.3. The Morgan fingerprint density at radius 1 is 1.24 bits per heavy atom. The van der Waals surface area contributed by atoms with Crippen molar-refractivity contribution in [2.75, 3.05) is 25.0 Å². The molecule has 29 heavy (non-hydrogen) atoms. The molecule has 152 valence electrons. The molecule has 1 aliphatic rings. The summed E-state index contributed by atoms with van der Waals surface area (Å²) in [6, 6.07) is 9.35. The monoisotopic (exact) mass is 391 g/mol. The Hall–Kier alpha value is -2.79. The molecular formula is C24H29N3O2. The Labute approximate surface area is 171 Å². The molecule has 0 aliphatic carbocycles. The molecule has 3 aromatic rings. The van der Waals surface area contributed by atoms with Crippen LogP contribution in [-0.4, -0.2) is 35.4 Å². The first-order valence-corrected chi connectivity index (χ1v) is 10.6. The lowest BCUT2D eigenvalue weighted by atomic mass is 9.98. The van der Waals surface area contributed by atoms with Crippen LogP contribution in [-0.2, 0) is 0 Å². The zero-order chi connectivity index (χ0) is 20.1. The smallest absolute Gasteiger partial charge is 0.291 e. The molecule has 0 saturated carbocycles. The maximum atomic E-state index is 12.3. The van der Waals surface area contributed by atoms with E-state index in [9.17, 15) is 4.79 Å². The lowest BCUT2D eigenvalue weighted by molar-refractivity contribution is 0.0996. The first kappa shape index (κ1) is 19.5. The van der Waals surface area contributed by atoms with Crippen LogP contribution in [0.4, 0.5) is 5.69 Å². The van der Waals surface area contributed by atoms with Gasteiger partial charge in [0, 0.05) is 41.4 Å². The second-order valence-corrected chi connectivity index (χ2v) is 7.73. The van der Waals surface area contributed by atoms with E-state index >= 15 is 0 Å². The fourth-order valence-electron chi connectivity index (χ4n) is 3.99. The summed E-state index contributed by atoms with van der Waals surface area (Å²) in [5, 5.41) is 4.07. The fourth-order valence-corrected chi connectivity index (χ4v) is 3.99. The zero-order valence-corrected chi connectivity index (χ0v) is 17.0. The largest absolute Gasteiger partial charge is 0.459 e. The van der Waals surface area contributed by atoms with Crippen molar-refractivity contribution in [2.24, 2.45) is 0 Å². The number of carbonyl (C=O) groups is 1. The van der Waals surface area contributed by atoms with Crippen molar-refractivity contribution < 1.29 is 9.21 Å². The van der Waals surface area contributed by atoms with Crippen LogP contribution in [0.3, 0.4) is 0 Å². The standard InChI is InChI=1S/C24H29N3O2/c1-2-3-4-5-12-27-13-10-18(11-14-27)21-17-25-22-9-8-19(16-20(21)22)26-24(28)23-7-6-15-29-23/h6-10,15-17,25H,2-5,11-14H2,1H3,(H,26,28). The van der Waals surface area contributed by atoms with Gasteiger partial charge in [-0.3, -0.25) is 9.69 Å². The molecule has 1 amide bonds. The summed E-state index contributed by atoms with van der Waals surface area (Å²) < 4.78 is 5.18. The number of aromatic nitrogens is 1. The van der Waals surface area contributed by atoms with E-state index in [4.69, 9.17) is 4.42 Å². The minimum Gasteiger partial charge on any atom is -0.459 e. The lowest BCUT2D eigenvalue weighted by Gasteiger charge is -2.26. The van der Waals surface area contributed by atoms with Crippen molar-refractivity contribution in [3.8, 4) is 0 Å². The molecule has 0 spiro atoms. The highest BCUT2D eigenvalue weighted by molar-refractivity contribution is 6.04. The van der Waals surface area contributed by atoms with Gasteiger partial charge < -0.3 is 14.7 Å². The molecule has 0 bridgehead atoms. The Morgan fingerprint density at radius 3 is 2.93 bits per heavy atom. The van der Waals surface area contributed by atoms with Gasteiger partial charge in [0.25, 0.3) is 5.91 Å². The zero-order valence-electron chi connectivity index (χ0n) is 17.0. The second kappa shape index (κ2) is 9.14. The van der Waals surface area contributed by atoms with Crippen molar-refractivity contribution in [3.63, 3.8) is 0 Å². The molecule has 0 saturated heterocycles. The van der Waals surface area contributed by atoms with Gasteiger partial charge in [0.2, 0.25) is 0 Å². The van der Waals surface area contributed by atoms with E-state index in [2.05, 4.69) is 34.4 Å². The van der Waals surface area contributed by atoms with Gasteiger partial charge in [-0.2, -0.15) is 0 Å². The van der Waals surface area contributed by atoms with E-state index in [1.807, 2.05) is 18.2 Å². The maximum absolute atomic E-state index is 12.3. The first-order valence-electron chi connectivity index (χ1n) is 10.6. The number of benzene rings is 1. The van der Waals surface area contributed by atoms with E-state index < -0.39 is 0 Å². The number of furan rings is 1. The van der Waals surface area contributed by atoms with E-state index in [1.165, 1.54) is 49.6 Å². The van der Waals surface area contributed by atoms with E-state index in [0.717, 1.165) is 36.1 Å². The van der Waals surface area contributed by atoms with Crippen molar-refractivity contribution in [1.82, 2.24) is 9.88 Å². The van der Waals surface area contributed by atoms with Crippen LogP contribution in [0.15, 0.2) is 53.3 Å². The number of hydrogen-bond acceptors (Lipinski definition) is 3. The predicted molar refractivity (Wildman–Crippen MR) is 118 cm³/mol. The molecule has 1 aliphatic heterocycles. The summed E-state index contributed by atoms with van der Waals surface area (Å²) in [4.78, 5) is 18.2. The summed E-state index contributed by atoms with van der Waals surface area (Å²) in [5.74, 6) is 0.0791. The van der Waals surface area contributed by atoms with Gasteiger partial charge in [-0.25, -0.2) is 0 Å². The molecule has 2 aromatic heterocycles. The molecule has 3 heterocycles. The first-order chi connectivity index (χ1) is 14.2. The number of rotatable bonds is 8. The summed E-state index contributed by atoms with van der Waals surface area (Å²) in [6.45, 7) is 5.58. The van der Waals surface area contributed by atoms with Crippen molar-refractivity contribution >= 4 is 28.1 Å². The van der Waals surface area contributed by atoms with Gasteiger partial charge >= 0.3 is 0 Å². The SMILES string of the molecule is CCCCCCN1CC=C(c2c[nH]c3ccc(NC(=O)c4ccco4)cc23)CC1. The number of aromatic amines is 1. The maximum Gasteiger partial charge on any atom is 0.291 e. The molecule has 0 unspecified atom stereocenters. The quantitative estimate of drug-likeness (QED) is 0.486. The molecule has 0 radical (unpaired) electrons. The predicted octanol–water partition coefficient (Wildman–Crippen LogP) is 5.68. The number of amides is 1. The van der Waals surface area contributed by atoms with E-state index in [-0.39, 0.29) is 5.91 Å². The van der Waals surface area contributed by atoms with Crippen LogP contribution in [0.5, 0.6) is 0 Å². The highest BCUT2D eigenvalue weighted by Gasteiger charge is 2.16. The summed E-state index contributed by atoms with van der Waals surface area (Å²) in [7, 11) is 0. The number of unbranched alkanes of at least 4 members (excludes halogenated alkanes) is 3. The average Bonchev–Trinajstić information content (AvgIpc) is 3.42. The Kier molecular flexibility index (Phi) is 6.15. The molecular weight excluding hydrogens is 362 g/mol. The number of fused-ring (bicyclic) bond motifs is 1. The lowest BCUT2D eigenvalue weighted by Crippen LogP contribution is -2.29. The third-order valence-corrected chi connectivity index (χ3v) is 5.65. The number of carbonyl (C=O) groups excluding carboxylic acids is 1. The van der Waals surface area contributed by atoms with Gasteiger partial charge in [0.1, 0.15) is 0 Å². The molecule has 5 nitrogen and oxygen atoms in total. The molecule has 2 N–H and O–H groups in total. The highest BCUT2D eigenvalue weighted by Crippen LogP contribution is 2.31. The van der Waals surface area contributed by atoms with Crippen molar-refractivity contribution in [3.05, 3.63) is 60.2 Å². The van der Waals surface area contributed by atoms with E-state index in [0.29, 0.717) is 5.76 Å². The van der Waals surface area contributed by atoms with Crippen LogP contribution in [0.2, 0.25) is 0 Å². The second-order valence-electron chi connectivity index (χ2n) is 7.73. The Morgan fingerprint density at radius 2 is 2.17 bits per heavy atom. The van der Waals surface area contributed by atoms with Crippen LogP contribution in [0.1, 0.15) is 55.1 Å². The van der Waals surface area contributed by atoms with Crippen LogP contribution < -0.4 is 5.32 Å².